The van der Waals surface area contributed by atoms with Crippen LogP contribution in [0.15, 0.2) is 48.8 Å². The zero-order valence-electron chi connectivity index (χ0n) is 15.1. The number of benzene rings is 1. The molecule has 0 bridgehead atoms. The van der Waals surface area contributed by atoms with E-state index in [0.29, 0.717) is 34.9 Å². The predicted molar refractivity (Wildman–Crippen MR) is 105 cm³/mol. The number of nitrogens with one attached hydrogen (secondary N) is 2. The van der Waals surface area contributed by atoms with Gasteiger partial charge in [-0.1, -0.05) is 0 Å². The first kappa shape index (κ1) is 17.7. The van der Waals surface area contributed by atoms with Crippen LogP contribution in [0.1, 0.15) is 12.8 Å². The van der Waals surface area contributed by atoms with Crippen molar-refractivity contribution in [2.75, 3.05) is 17.7 Å². The minimum atomic E-state index is -0.459. The highest BCUT2D eigenvalue weighted by Gasteiger charge is 2.23. The summed E-state index contributed by atoms with van der Waals surface area (Å²) < 4.78 is 5.08. The van der Waals surface area contributed by atoms with Gasteiger partial charge in [0.15, 0.2) is 0 Å². The average molecular weight is 378 g/mol. The fourth-order valence-corrected chi connectivity index (χ4v) is 2.69. The standard InChI is InChI=1S/C19H18N6O3/c1-28-14-4-5-15(17(10-14)25(26)27)22-18-11-16(12-6-8-20-9-7-12)23-19(24-18)21-13-2-3-13/h4-11,13H,2-3H2,1H3,(H2,21,22,23,24). The van der Waals surface area contributed by atoms with Crippen molar-refractivity contribution in [3.8, 4) is 17.0 Å². The van der Waals surface area contributed by atoms with Crippen molar-refractivity contribution in [1.82, 2.24) is 15.0 Å². The fourth-order valence-electron chi connectivity index (χ4n) is 2.69. The summed E-state index contributed by atoms with van der Waals surface area (Å²) in [7, 11) is 1.47. The Morgan fingerprint density at radius 3 is 2.61 bits per heavy atom. The third-order valence-electron chi connectivity index (χ3n) is 4.28. The van der Waals surface area contributed by atoms with E-state index >= 15 is 0 Å². The SMILES string of the molecule is COc1ccc(Nc2cc(-c3ccncc3)nc(NC3CC3)n2)c([N+](=O)[O-])c1. The second kappa shape index (κ2) is 7.47. The van der Waals surface area contributed by atoms with Crippen LogP contribution in [0.4, 0.5) is 23.1 Å². The van der Waals surface area contributed by atoms with E-state index in [2.05, 4.69) is 25.6 Å². The summed E-state index contributed by atoms with van der Waals surface area (Å²) >= 11 is 0. The van der Waals surface area contributed by atoms with Gasteiger partial charge in [-0.25, -0.2) is 4.98 Å². The molecule has 2 N–H and O–H groups in total. The second-order valence-corrected chi connectivity index (χ2v) is 6.38. The van der Waals surface area contributed by atoms with Gasteiger partial charge in [0, 0.05) is 30.1 Å². The molecule has 0 spiro atoms. The van der Waals surface area contributed by atoms with Gasteiger partial charge in [-0.3, -0.25) is 15.1 Å². The van der Waals surface area contributed by atoms with Gasteiger partial charge in [-0.15, -0.1) is 0 Å². The van der Waals surface area contributed by atoms with E-state index in [0.717, 1.165) is 18.4 Å². The molecule has 9 nitrogen and oxygen atoms in total. The zero-order valence-corrected chi connectivity index (χ0v) is 15.1. The number of nitro benzene ring substituents is 1. The molecule has 1 fully saturated rings. The molecule has 0 aliphatic heterocycles. The van der Waals surface area contributed by atoms with Crippen molar-refractivity contribution >= 4 is 23.1 Å². The second-order valence-electron chi connectivity index (χ2n) is 6.38. The van der Waals surface area contributed by atoms with Crippen LogP contribution in [0.25, 0.3) is 11.3 Å². The number of nitrogens with zero attached hydrogens (tertiary/aromatic N) is 4. The molecule has 9 heteroatoms. The zero-order chi connectivity index (χ0) is 19.5. The first-order chi connectivity index (χ1) is 13.6. The number of pyridine rings is 1. The number of hydrogen-bond donors (Lipinski definition) is 2. The lowest BCUT2D eigenvalue weighted by atomic mass is 10.2. The van der Waals surface area contributed by atoms with Crippen molar-refractivity contribution < 1.29 is 9.66 Å². The van der Waals surface area contributed by atoms with Crippen molar-refractivity contribution in [2.45, 2.75) is 18.9 Å². The number of hydrogen-bond acceptors (Lipinski definition) is 8. The van der Waals surface area contributed by atoms with Crippen LogP contribution in [0.5, 0.6) is 5.75 Å². The molecule has 1 saturated carbocycles. The van der Waals surface area contributed by atoms with Crippen molar-refractivity contribution in [1.29, 1.82) is 0 Å². The van der Waals surface area contributed by atoms with E-state index in [1.165, 1.54) is 13.2 Å². The predicted octanol–water partition coefficient (Wildman–Crippen LogP) is 3.77. The summed E-state index contributed by atoms with van der Waals surface area (Å²) in [4.78, 5) is 24.1. The Morgan fingerprint density at radius 1 is 1.14 bits per heavy atom. The summed E-state index contributed by atoms with van der Waals surface area (Å²) in [5, 5.41) is 17.8. The number of aromatic nitrogens is 3. The molecular weight excluding hydrogens is 360 g/mol. The van der Waals surface area contributed by atoms with Crippen LogP contribution < -0.4 is 15.4 Å². The van der Waals surface area contributed by atoms with Crippen molar-refractivity contribution in [3.05, 3.63) is 58.9 Å². The van der Waals surface area contributed by atoms with E-state index in [1.807, 2.05) is 12.1 Å². The maximum Gasteiger partial charge on any atom is 0.296 e. The molecule has 3 aromatic rings. The maximum absolute atomic E-state index is 11.4. The van der Waals surface area contributed by atoms with Crippen LogP contribution in [0, 0.1) is 10.1 Å². The molecule has 28 heavy (non-hydrogen) atoms. The molecule has 1 aliphatic carbocycles. The van der Waals surface area contributed by atoms with Gasteiger partial charge >= 0.3 is 0 Å². The number of methoxy groups -OCH3 is 1. The first-order valence-electron chi connectivity index (χ1n) is 8.78. The molecule has 2 aromatic heterocycles. The minimum Gasteiger partial charge on any atom is -0.496 e. The number of ether oxygens (including phenoxy) is 1. The quantitative estimate of drug-likeness (QED) is 0.471. The largest absolute Gasteiger partial charge is 0.496 e. The van der Waals surface area contributed by atoms with Gasteiger partial charge in [-0.2, -0.15) is 4.98 Å². The lowest BCUT2D eigenvalue weighted by Crippen LogP contribution is -2.08. The van der Waals surface area contributed by atoms with Gasteiger partial charge in [0.2, 0.25) is 5.95 Å². The van der Waals surface area contributed by atoms with E-state index in [-0.39, 0.29) is 5.69 Å². The van der Waals surface area contributed by atoms with Crippen LogP contribution in [-0.4, -0.2) is 33.0 Å². The molecule has 0 radical (unpaired) electrons. The molecule has 1 aliphatic rings. The highest BCUT2D eigenvalue weighted by molar-refractivity contribution is 5.72. The smallest absolute Gasteiger partial charge is 0.296 e. The van der Waals surface area contributed by atoms with Gasteiger partial charge in [0.25, 0.3) is 5.69 Å². The summed E-state index contributed by atoms with van der Waals surface area (Å²) in [6, 6.07) is 10.4. The first-order valence-corrected chi connectivity index (χ1v) is 8.78. The lowest BCUT2D eigenvalue weighted by molar-refractivity contribution is -0.384. The highest BCUT2D eigenvalue weighted by atomic mass is 16.6. The van der Waals surface area contributed by atoms with E-state index in [9.17, 15) is 10.1 Å². The third kappa shape index (κ3) is 3.98. The molecule has 2 heterocycles. The number of rotatable bonds is 7. The van der Waals surface area contributed by atoms with Gasteiger partial charge < -0.3 is 15.4 Å². The fraction of sp³-hybridized carbons (Fsp3) is 0.211. The van der Waals surface area contributed by atoms with E-state index < -0.39 is 4.92 Å². The lowest BCUT2D eigenvalue weighted by Gasteiger charge is -2.12. The van der Waals surface area contributed by atoms with Crippen molar-refractivity contribution in [2.24, 2.45) is 0 Å². The molecule has 0 saturated heterocycles. The molecule has 0 unspecified atom stereocenters. The van der Waals surface area contributed by atoms with E-state index in [1.54, 1.807) is 30.6 Å². The average Bonchev–Trinajstić information content (AvgIpc) is 3.52. The maximum atomic E-state index is 11.4. The number of nitro groups is 1. The Labute approximate surface area is 161 Å². The Bertz CT molecular complexity index is 1010. The van der Waals surface area contributed by atoms with Gasteiger partial charge in [0.1, 0.15) is 17.3 Å². The topological polar surface area (TPSA) is 115 Å². The molecular formula is C19H18N6O3. The Balaban J connectivity index is 1.72. The Kier molecular flexibility index (Phi) is 4.71. The Hall–Kier alpha value is -3.75. The highest BCUT2D eigenvalue weighted by Crippen LogP contribution is 2.32. The molecule has 4 rings (SSSR count). The summed E-state index contributed by atoms with van der Waals surface area (Å²) in [5.41, 5.74) is 1.80. The molecule has 0 atom stereocenters. The summed E-state index contributed by atoms with van der Waals surface area (Å²) in [6.07, 6.45) is 5.53. The summed E-state index contributed by atoms with van der Waals surface area (Å²) in [6.45, 7) is 0. The third-order valence-corrected chi connectivity index (χ3v) is 4.28. The van der Waals surface area contributed by atoms with Gasteiger partial charge in [0.05, 0.1) is 23.8 Å². The summed E-state index contributed by atoms with van der Waals surface area (Å²) in [5.74, 6) is 1.35. The normalized spacial score (nSPS) is 13.0. The number of anilines is 3. The van der Waals surface area contributed by atoms with Crippen molar-refractivity contribution in [3.63, 3.8) is 0 Å². The molecule has 142 valence electrons. The molecule has 1 aromatic carbocycles. The van der Waals surface area contributed by atoms with Crippen LogP contribution in [-0.2, 0) is 0 Å². The van der Waals surface area contributed by atoms with Crippen LogP contribution in [0.2, 0.25) is 0 Å². The monoisotopic (exact) mass is 378 g/mol. The minimum absolute atomic E-state index is 0.0971. The van der Waals surface area contributed by atoms with Gasteiger partial charge in [-0.05, 0) is 37.1 Å². The molecule has 0 amide bonds. The Morgan fingerprint density at radius 2 is 1.93 bits per heavy atom. The van der Waals surface area contributed by atoms with E-state index in [4.69, 9.17) is 4.74 Å². The van der Waals surface area contributed by atoms with Crippen LogP contribution in [0.3, 0.4) is 0 Å². The van der Waals surface area contributed by atoms with Crippen LogP contribution >= 0.6 is 0 Å².